The molecule has 0 saturated heterocycles. The first-order valence-corrected chi connectivity index (χ1v) is 8.60. The molecule has 0 amide bonds. The second kappa shape index (κ2) is 8.34. The largest absolute Gasteiger partial charge is 0.313 e. The topological polar surface area (TPSA) is 114 Å². The molecule has 2 rings (SSSR count). The van der Waals surface area contributed by atoms with Crippen molar-refractivity contribution in [2.24, 2.45) is 0 Å². The third kappa shape index (κ3) is 4.38. The summed E-state index contributed by atoms with van der Waals surface area (Å²) in [5.74, 6) is 0. The molecule has 132 valence electrons. The monoisotopic (exact) mass is 374 g/mol. The molecule has 1 atom stereocenters. The maximum Gasteiger partial charge on any atom is 0.278 e. The van der Waals surface area contributed by atoms with Crippen LogP contribution < -0.4 is 10.0 Å². The van der Waals surface area contributed by atoms with Crippen LogP contribution in [0.15, 0.2) is 35.4 Å². The summed E-state index contributed by atoms with van der Waals surface area (Å²) in [4.78, 5) is 14.5. The van der Waals surface area contributed by atoms with Crippen molar-refractivity contribution in [1.82, 2.24) is 15.0 Å². The number of hydrogen-bond donors (Lipinski definition) is 2. The lowest BCUT2D eigenvalue weighted by Crippen LogP contribution is -2.38. The fourth-order valence-corrected chi connectivity index (χ4v) is 3.53. The number of hydrogen-bond acceptors (Lipinski definition) is 6. The summed E-state index contributed by atoms with van der Waals surface area (Å²) in [6.07, 6.45) is 1.41. The molecule has 0 spiro atoms. The Morgan fingerprint density at radius 3 is 2.67 bits per heavy atom. The first-order valence-electron chi connectivity index (χ1n) is 7.12. The van der Waals surface area contributed by atoms with Gasteiger partial charge in [0.1, 0.15) is 4.90 Å². The summed E-state index contributed by atoms with van der Waals surface area (Å²) < 4.78 is 27.5. The molecule has 8 nitrogen and oxygen atoms in total. The van der Waals surface area contributed by atoms with Gasteiger partial charge >= 0.3 is 0 Å². The first kappa shape index (κ1) is 20.2. The Morgan fingerprint density at radius 2 is 2.04 bits per heavy atom. The molecule has 0 fully saturated rings. The van der Waals surface area contributed by atoms with Gasteiger partial charge in [0.05, 0.1) is 15.8 Å². The molecule has 1 heterocycles. The minimum absolute atomic E-state index is 0. The van der Waals surface area contributed by atoms with Gasteiger partial charge in [-0.15, -0.1) is 12.4 Å². The molecule has 10 heteroatoms. The highest BCUT2D eigenvalue weighted by Crippen LogP contribution is 2.29. The number of non-ortho nitro benzene ring substituents is 1. The van der Waals surface area contributed by atoms with Gasteiger partial charge in [0, 0.05) is 24.8 Å². The third-order valence-corrected chi connectivity index (χ3v) is 4.78. The SMILES string of the molecule is CCN[C@H](C)CNS(=O)(=O)c1ccc([N+](=O)[O-])c2cccnc12.Cl. The highest BCUT2D eigenvalue weighted by atomic mass is 35.5. The van der Waals surface area contributed by atoms with Gasteiger partial charge in [0.15, 0.2) is 0 Å². The molecule has 2 N–H and O–H groups in total. The number of sulfonamides is 1. The maximum atomic E-state index is 12.5. The van der Waals surface area contributed by atoms with E-state index >= 15 is 0 Å². The van der Waals surface area contributed by atoms with Gasteiger partial charge in [-0.25, -0.2) is 13.1 Å². The van der Waals surface area contributed by atoms with Gasteiger partial charge in [0.25, 0.3) is 5.69 Å². The van der Waals surface area contributed by atoms with Crippen LogP contribution in [0.2, 0.25) is 0 Å². The smallest absolute Gasteiger partial charge is 0.278 e. The average Bonchev–Trinajstić information content (AvgIpc) is 2.52. The van der Waals surface area contributed by atoms with Gasteiger partial charge in [0.2, 0.25) is 10.0 Å². The van der Waals surface area contributed by atoms with Crippen molar-refractivity contribution < 1.29 is 13.3 Å². The zero-order valence-corrected chi connectivity index (χ0v) is 14.9. The summed E-state index contributed by atoms with van der Waals surface area (Å²) in [7, 11) is -3.82. The average molecular weight is 375 g/mol. The normalized spacial score (nSPS) is 12.6. The highest BCUT2D eigenvalue weighted by Gasteiger charge is 2.23. The number of nitrogens with zero attached hydrogens (tertiary/aromatic N) is 2. The maximum absolute atomic E-state index is 12.5. The lowest BCUT2D eigenvalue weighted by atomic mass is 10.2. The number of likely N-dealkylation sites (N-methyl/N-ethyl adjacent to an activating group) is 1. The Labute approximate surface area is 146 Å². The lowest BCUT2D eigenvalue weighted by Gasteiger charge is -2.14. The van der Waals surface area contributed by atoms with Crippen molar-refractivity contribution in [3.63, 3.8) is 0 Å². The standard InChI is InChI=1S/C14H18N4O4S.ClH/c1-3-15-10(2)9-17-23(21,22)13-7-6-12(18(19)20)11-5-4-8-16-14(11)13;/h4-8,10,15,17H,3,9H2,1-2H3;1H/t10-;/m1./s1. The Kier molecular flexibility index (Phi) is 7.03. The van der Waals surface area contributed by atoms with E-state index in [4.69, 9.17) is 0 Å². The van der Waals surface area contributed by atoms with Crippen LogP contribution in [0.1, 0.15) is 13.8 Å². The molecule has 24 heavy (non-hydrogen) atoms. The van der Waals surface area contributed by atoms with Gasteiger partial charge in [-0.2, -0.15) is 0 Å². The molecule has 1 aromatic carbocycles. The van der Waals surface area contributed by atoms with E-state index in [1.165, 1.54) is 30.5 Å². The fourth-order valence-electron chi connectivity index (χ4n) is 2.24. The third-order valence-electron chi connectivity index (χ3n) is 3.33. The fraction of sp³-hybridized carbons (Fsp3) is 0.357. The van der Waals surface area contributed by atoms with Crippen LogP contribution in [0.5, 0.6) is 0 Å². The summed E-state index contributed by atoms with van der Waals surface area (Å²) >= 11 is 0. The van der Waals surface area contributed by atoms with Gasteiger partial charge in [-0.1, -0.05) is 6.92 Å². The van der Waals surface area contributed by atoms with Crippen molar-refractivity contribution in [3.8, 4) is 0 Å². The highest BCUT2D eigenvalue weighted by molar-refractivity contribution is 7.89. The van der Waals surface area contributed by atoms with Crippen molar-refractivity contribution >= 4 is 39.0 Å². The second-order valence-corrected chi connectivity index (χ2v) is 6.79. The Morgan fingerprint density at radius 1 is 1.33 bits per heavy atom. The van der Waals surface area contributed by atoms with Crippen molar-refractivity contribution in [2.45, 2.75) is 24.8 Å². The quantitative estimate of drug-likeness (QED) is 0.564. The van der Waals surface area contributed by atoms with Crippen LogP contribution in [0, 0.1) is 10.1 Å². The Balaban J connectivity index is 0.00000288. The number of fused-ring (bicyclic) bond motifs is 1. The van der Waals surface area contributed by atoms with Crippen LogP contribution in [0.25, 0.3) is 10.9 Å². The number of rotatable bonds is 7. The number of pyridine rings is 1. The van der Waals surface area contributed by atoms with Crippen LogP contribution in [0.4, 0.5) is 5.69 Å². The zero-order chi connectivity index (χ0) is 17.0. The Hall–Kier alpha value is -1.81. The molecule has 0 aliphatic heterocycles. The number of nitrogens with one attached hydrogen (secondary N) is 2. The van der Waals surface area contributed by atoms with E-state index in [9.17, 15) is 18.5 Å². The predicted octanol–water partition coefficient (Wildman–Crippen LogP) is 1.84. The molecular formula is C14H19ClN4O4S. The van der Waals surface area contributed by atoms with Gasteiger partial charge < -0.3 is 5.32 Å². The van der Waals surface area contributed by atoms with Crippen molar-refractivity contribution in [1.29, 1.82) is 0 Å². The molecule has 2 aromatic rings. The molecule has 0 saturated carbocycles. The summed E-state index contributed by atoms with van der Waals surface area (Å²) in [6.45, 7) is 4.73. The van der Waals surface area contributed by atoms with Crippen LogP contribution >= 0.6 is 12.4 Å². The van der Waals surface area contributed by atoms with Crippen molar-refractivity contribution in [2.75, 3.05) is 13.1 Å². The summed E-state index contributed by atoms with van der Waals surface area (Å²) in [6, 6.07) is 5.39. The van der Waals surface area contributed by atoms with E-state index in [2.05, 4.69) is 15.0 Å². The Bertz CT molecular complexity index is 829. The van der Waals surface area contributed by atoms with E-state index in [-0.39, 0.29) is 46.5 Å². The van der Waals surface area contributed by atoms with Crippen LogP contribution in [0.3, 0.4) is 0 Å². The molecule has 0 radical (unpaired) electrons. The summed E-state index contributed by atoms with van der Waals surface area (Å²) in [5, 5.41) is 14.4. The molecular weight excluding hydrogens is 356 g/mol. The molecule has 0 unspecified atom stereocenters. The first-order chi connectivity index (χ1) is 10.9. The number of aromatic nitrogens is 1. The number of benzene rings is 1. The van der Waals surface area contributed by atoms with E-state index in [0.29, 0.717) is 0 Å². The zero-order valence-electron chi connectivity index (χ0n) is 13.2. The molecule has 0 aliphatic rings. The molecule has 0 bridgehead atoms. The number of nitro benzene ring substituents is 1. The minimum atomic E-state index is -3.82. The van der Waals surface area contributed by atoms with Crippen LogP contribution in [-0.2, 0) is 10.0 Å². The van der Waals surface area contributed by atoms with E-state index < -0.39 is 14.9 Å². The second-order valence-electron chi connectivity index (χ2n) is 5.05. The van der Waals surface area contributed by atoms with E-state index in [0.717, 1.165) is 6.54 Å². The van der Waals surface area contributed by atoms with Crippen LogP contribution in [-0.4, -0.2) is 37.5 Å². The van der Waals surface area contributed by atoms with Gasteiger partial charge in [-0.3, -0.25) is 15.1 Å². The molecule has 1 aromatic heterocycles. The summed E-state index contributed by atoms with van der Waals surface area (Å²) in [5.41, 5.74) is -0.0848. The number of halogens is 1. The van der Waals surface area contributed by atoms with Crippen molar-refractivity contribution in [3.05, 3.63) is 40.6 Å². The molecule has 0 aliphatic carbocycles. The van der Waals surface area contributed by atoms with E-state index in [1.807, 2.05) is 13.8 Å². The lowest BCUT2D eigenvalue weighted by molar-refractivity contribution is -0.383. The minimum Gasteiger partial charge on any atom is -0.313 e. The predicted molar refractivity (Wildman–Crippen MR) is 94.0 cm³/mol. The van der Waals surface area contributed by atoms with E-state index in [1.54, 1.807) is 0 Å². The number of nitro groups is 1. The van der Waals surface area contributed by atoms with Gasteiger partial charge in [-0.05, 0) is 31.7 Å².